The highest BCUT2D eigenvalue weighted by molar-refractivity contribution is 4.90. The first-order chi connectivity index (χ1) is 4.85. The van der Waals surface area contributed by atoms with E-state index in [-0.39, 0.29) is 0 Å². The Morgan fingerprint density at radius 3 is 2.60 bits per heavy atom. The van der Waals surface area contributed by atoms with Crippen LogP contribution in [0.3, 0.4) is 0 Å². The maximum absolute atomic E-state index is 8.33. The number of hydrogen-bond donors (Lipinski definition) is 0. The van der Waals surface area contributed by atoms with Crippen LogP contribution in [-0.4, -0.2) is 24.5 Å². The lowest BCUT2D eigenvalue weighted by Crippen LogP contribution is -2.25. The van der Waals surface area contributed by atoms with Gasteiger partial charge in [0.1, 0.15) is 0 Å². The van der Waals surface area contributed by atoms with Gasteiger partial charge in [0.25, 0.3) is 0 Å². The largest absolute Gasteiger partial charge is 0.279 e. The Hall–Kier alpha value is -0.990. The summed E-state index contributed by atoms with van der Waals surface area (Å²) in [6.07, 6.45) is 6.13. The lowest BCUT2D eigenvalue weighted by Gasteiger charge is -2.13. The molecule has 0 atom stereocenters. The maximum atomic E-state index is 8.33. The second kappa shape index (κ2) is 6.13. The Balaban J connectivity index is 3.54. The molecule has 2 heteroatoms. The second-order valence-electron chi connectivity index (χ2n) is 2.07. The monoisotopic (exact) mass is 136 g/mol. The van der Waals surface area contributed by atoms with Crippen molar-refractivity contribution in [1.82, 2.24) is 4.90 Å². The van der Waals surface area contributed by atoms with Crippen LogP contribution >= 0.6 is 0 Å². The molecule has 0 heterocycles. The number of rotatable bonds is 4. The van der Waals surface area contributed by atoms with E-state index in [1.54, 1.807) is 0 Å². The second-order valence-corrected chi connectivity index (χ2v) is 2.07. The lowest BCUT2D eigenvalue weighted by atomic mass is 10.4. The summed E-state index contributed by atoms with van der Waals surface area (Å²) in [5.41, 5.74) is 0. The van der Waals surface area contributed by atoms with E-state index in [0.29, 0.717) is 13.1 Å². The molecule has 0 radical (unpaired) electrons. The lowest BCUT2D eigenvalue weighted by molar-refractivity contribution is 0.344. The topological polar surface area (TPSA) is 27.0 Å². The molecule has 0 unspecified atom stereocenters. The van der Waals surface area contributed by atoms with Gasteiger partial charge in [0.2, 0.25) is 0 Å². The van der Waals surface area contributed by atoms with Gasteiger partial charge in [-0.3, -0.25) is 4.90 Å². The van der Waals surface area contributed by atoms with Gasteiger partial charge in [-0.05, 0) is 13.0 Å². The Bertz CT molecular complexity index is 134. The molecule has 0 N–H and O–H groups in total. The van der Waals surface area contributed by atoms with Crippen molar-refractivity contribution in [3.8, 4) is 18.4 Å². The quantitative estimate of drug-likeness (QED) is 0.423. The van der Waals surface area contributed by atoms with Crippen LogP contribution in [0.1, 0.15) is 13.3 Å². The van der Waals surface area contributed by atoms with Crippen molar-refractivity contribution < 1.29 is 0 Å². The van der Waals surface area contributed by atoms with Gasteiger partial charge < -0.3 is 0 Å². The third kappa shape index (κ3) is 3.95. The maximum Gasteiger partial charge on any atom is 0.0873 e. The first-order valence-corrected chi connectivity index (χ1v) is 3.38. The third-order valence-corrected chi connectivity index (χ3v) is 1.15. The Morgan fingerprint density at radius 2 is 2.20 bits per heavy atom. The van der Waals surface area contributed by atoms with Gasteiger partial charge in [-0.25, -0.2) is 0 Å². The highest BCUT2D eigenvalue weighted by Crippen LogP contribution is 1.87. The van der Waals surface area contributed by atoms with Gasteiger partial charge in [-0.15, -0.1) is 6.42 Å². The summed E-state index contributed by atoms with van der Waals surface area (Å²) in [7, 11) is 0. The van der Waals surface area contributed by atoms with Crippen LogP contribution in [0.25, 0.3) is 0 Å². The molecule has 0 fully saturated rings. The van der Waals surface area contributed by atoms with E-state index in [2.05, 4.69) is 18.9 Å². The molecule has 0 bridgehead atoms. The van der Waals surface area contributed by atoms with Gasteiger partial charge in [0.05, 0.1) is 19.2 Å². The molecule has 0 aromatic rings. The van der Waals surface area contributed by atoms with E-state index < -0.39 is 0 Å². The summed E-state index contributed by atoms with van der Waals surface area (Å²) in [6, 6.07) is 2.07. The molecule has 0 saturated carbocycles. The van der Waals surface area contributed by atoms with E-state index in [1.807, 2.05) is 4.90 Å². The van der Waals surface area contributed by atoms with Gasteiger partial charge in [-0.2, -0.15) is 5.26 Å². The summed E-state index contributed by atoms with van der Waals surface area (Å²) in [5, 5.41) is 8.33. The Labute approximate surface area is 62.4 Å². The number of nitriles is 1. The van der Waals surface area contributed by atoms with Crippen LogP contribution in [0.15, 0.2) is 0 Å². The van der Waals surface area contributed by atoms with Crippen molar-refractivity contribution in [3.63, 3.8) is 0 Å². The minimum absolute atomic E-state index is 0.442. The van der Waals surface area contributed by atoms with Gasteiger partial charge in [0.15, 0.2) is 0 Å². The minimum Gasteiger partial charge on any atom is -0.279 e. The zero-order chi connectivity index (χ0) is 7.82. The first kappa shape index (κ1) is 9.01. The molecule has 0 aromatic heterocycles. The van der Waals surface area contributed by atoms with Crippen molar-refractivity contribution in [1.29, 1.82) is 5.26 Å². The fourth-order valence-corrected chi connectivity index (χ4v) is 0.759. The fourth-order valence-electron chi connectivity index (χ4n) is 0.759. The summed E-state index contributed by atoms with van der Waals surface area (Å²) in [6.45, 7) is 4.01. The first-order valence-electron chi connectivity index (χ1n) is 3.38. The molecular weight excluding hydrogens is 124 g/mol. The van der Waals surface area contributed by atoms with Crippen LogP contribution < -0.4 is 0 Å². The minimum atomic E-state index is 0.442. The molecule has 0 aliphatic heterocycles. The summed E-state index contributed by atoms with van der Waals surface area (Å²) in [5.74, 6) is 2.51. The summed E-state index contributed by atoms with van der Waals surface area (Å²) < 4.78 is 0. The van der Waals surface area contributed by atoms with Crippen molar-refractivity contribution in [2.24, 2.45) is 0 Å². The molecule has 0 amide bonds. The molecule has 0 saturated heterocycles. The fraction of sp³-hybridized carbons (Fsp3) is 0.625. The molecule has 0 rings (SSSR count). The zero-order valence-corrected chi connectivity index (χ0v) is 6.30. The number of hydrogen-bond acceptors (Lipinski definition) is 2. The Kier molecular flexibility index (Phi) is 5.53. The predicted octanol–water partition coefficient (Wildman–Crippen LogP) is 0.855. The van der Waals surface area contributed by atoms with E-state index in [0.717, 1.165) is 13.0 Å². The van der Waals surface area contributed by atoms with Crippen molar-refractivity contribution in [3.05, 3.63) is 0 Å². The predicted molar refractivity (Wildman–Crippen MR) is 41.2 cm³/mol. The summed E-state index contributed by atoms with van der Waals surface area (Å²) in [4.78, 5) is 1.94. The van der Waals surface area contributed by atoms with Crippen molar-refractivity contribution >= 4 is 0 Å². The molecule has 0 spiro atoms. The third-order valence-electron chi connectivity index (χ3n) is 1.15. The molecule has 0 aliphatic rings. The van der Waals surface area contributed by atoms with Gasteiger partial charge >= 0.3 is 0 Å². The Morgan fingerprint density at radius 1 is 1.50 bits per heavy atom. The molecule has 0 aromatic carbocycles. The SMILES string of the molecule is C#CCN(CC#N)CCC. The van der Waals surface area contributed by atoms with Crippen molar-refractivity contribution in [2.75, 3.05) is 19.6 Å². The van der Waals surface area contributed by atoms with Gasteiger partial charge in [-0.1, -0.05) is 12.8 Å². The summed E-state index contributed by atoms with van der Waals surface area (Å²) >= 11 is 0. The number of nitrogens with zero attached hydrogens (tertiary/aromatic N) is 2. The highest BCUT2D eigenvalue weighted by Gasteiger charge is 1.97. The van der Waals surface area contributed by atoms with Crippen LogP contribution in [0.2, 0.25) is 0 Å². The van der Waals surface area contributed by atoms with Gasteiger partial charge in [0, 0.05) is 0 Å². The van der Waals surface area contributed by atoms with E-state index in [9.17, 15) is 0 Å². The average Bonchev–Trinajstić information content (AvgIpc) is 1.90. The zero-order valence-electron chi connectivity index (χ0n) is 6.30. The standard InChI is InChI=1S/C8H12N2/c1-3-6-10(7-4-2)8-5-9/h1H,4,6-8H2,2H3. The highest BCUT2D eigenvalue weighted by atomic mass is 15.1. The van der Waals surface area contributed by atoms with E-state index in [1.165, 1.54) is 0 Å². The molecule has 54 valence electrons. The van der Waals surface area contributed by atoms with Crippen LogP contribution in [-0.2, 0) is 0 Å². The van der Waals surface area contributed by atoms with Crippen LogP contribution in [0.5, 0.6) is 0 Å². The van der Waals surface area contributed by atoms with E-state index >= 15 is 0 Å². The molecule has 2 nitrogen and oxygen atoms in total. The molecule has 0 aliphatic carbocycles. The normalized spacial score (nSPS) is 8.80. The van der Waals surface area contributed by atoms with E-state index in [4.69, 9.17) is 11.7 Å². The van der Waals surface area contributed by atoms with Crippen molar-refractivity contribution in [2.45, 2.75) is 13.3 Å². The van der Waals surface area contributed by atoms with Crippen LogP contribution in [0.4, 0.5) is 0 Å². The molecule has 10 heavy (non-hydrogen) atoms. The smallest absolute Gasteiger partial charge is 0.0873 e. The van der Waals surface area contributed by atoms with Crippen LogP contribution in [0, 0.1) is 23.7 Å². The number of terminal acetylenes is 1. The average molecular weight is 136 g/mol. The molecular formula is C8H12N2.